The molecular weight excluding hydrogens is 354 g/mol. The molecule has 2 aliphatic heterocycles. The van der Waals surface area contributed by atoms with Crippen LogP contribution in [0.1, 0.15) is 26.7 Å². The lowest BCUT2D eigenvalue weighted by molar-refractivity contribution is -0.121. The van der Waals surface area contributed by atoms with E-state index in [0.29, 0.717) is 31.9 Å². The number of amides is 1. The van der Waals surface area contributed by atoms with Gasteiger partial charge in [-0.05, 0) is 44.9 Å². The summed E-state index contributed by atoms with van der Waals surface area (Å²) in [6.45, 7) is 6.79. The molecule has 3 rings (SSSR count). The summed E-state index contributed by atoms with van der Waals surface area (Å²) in [6, 6.07) is 6.49. The number of hydrogen-bond donors (Lipinski definition) is 1. The molecular formula is C18H27N3O4S. The molecule has 2 aliphatic rings. The molecule has 2 saturated heterocycles. The number of nitrogens with one attached hydrogen (secondary N) is 1. The topological polar surface area (TPSA) is 79.0 Å². The number of nitrogens with zero attached hydrogens (tertiary/aromatic N) is 2. The van der Waals surface area contributed by atoms with Gasteiger partial charge in [0.1, 0.15) is 0 Å². The summed E-state index contributed by atoms with van der Waals surface area (Å²) >= 11 is 0. The fraction of sp³-hybridized carbons (Fsp3) is 0.611. The van der Waals surface area contributed by atoms with E-state index in [1.807, 2.05) is 13.8 Å². The lowest BCUT2D eigenvalue weighted by Gasteiger charge is -2.34. The van der Waals surface area contributed by atoms with Crippen molar-refractivity contribution < 1.29 is 17.9 Å². The van der Waals surface area contributed by atoms with E-state index in [1.54, 1.807) is 18.2 Å². The maximum absolute atomic E-state index is 12.7. The second kappa shape index (κ2) is 8.04. The first-order valence-corrected chi connectivity index (χ1v) is 10.6. The van der Waals surface area contributed by atoms with Gasteiger partial charge >= 0.3 is 0 Å². The van der Waals surface area contributed by atoms with Crippen molar-refractivity contribution in [3.63, 3.8) is 0 Å². The average molecular weight is 381 g/mol. The first kappa shape index (κ1) is 19.3. The molecule has 1 amide bonds. The van der Waals surface area contributed by atoms with Crippen molar-refractivity contribution in [2.75, 3.05) is 38.0 Å². The number of carbonyl (C=O) groups is 1. The second-order valence-corrected chi connectivity index (χ2v) is 9.08. The van der Waals surface area contributed by atoms with Gasteiger partial charge in [-0.3, -0.25) is 9.69 Å². The van der Waals surface area contributed by atoms with E-state index in [1.165, 1.54) is 10.4 Å². The van der Waals surface area contributed by atoms with E-state index in [4.69, 9.17) is 4.74 Å². The van der Waals surface area contributed by atoms with E-state index < -0.39 is 10.0 Å². The Bertz CT molecular complexity index is 737. The number of hydrogen-bond acceptors (Lipinski definition) is 5. The normalized spacial score (nSPS) is 25.3. The first-order valence-electron chi connectivity index (χ1n) is 9.12. The average Bonchev–Trinajstić information content (AvgIpc) is 3.09. The predicted octanol–water partition coefficient (Wildman–Crippen LogP) is 1.52. The van der Waals surface area contributed by atoms with Crippen LogP contribution in [0.2, 0.25) is 0 Å². The lowest BCUT2D eigenvalue weighted by Crippen LogP contribution is -2.48. The SMILES string of the molecule is C[C@@H]1CN(CC(=O)Nc2cccc(S(=O)(=O)N3CCCC3)c2)C[C@@H](C)O1. The van der Waals surface area contributed by atoms with Gasteiger partial charge in [-0.15, -0.1) is 0 Å². The van der Waals surface area contributed by atoms with Crippen molar-refractivity contribution in [3.05, 3.63) is 24.3 Å². The van der Waals surface area contributed by atoms with Crippen LogP contribution in [0.3, 0.4) is 0 Å². The molecule has 0 saturated carbocycles. The van der Waals surface area contributed by atoms with Crippen molar-refractivity contribution in [2.24, 2.45) is 0 Å². The maximum atomic E-state index is 12.7. The first-order chi connectivity index (χ1) is 12.3. The molecule has 0 radical (unpaired) electrons. The monoisotopic (exact) mass is 381 g/mol. The molecule has 1 aromatic rings. The zero-order valence-corrected chi connectivity index (χ0v) is 16.2. The largest absolute Gasteiger partial charge is 0.373 e. The van der Waals surface area contributed by atoms with Gasteiger partial charge in [-0.1, -0.05) is 6.07 Å². The molecule has 2 fully saturated rings. The van der Waals surface area contributed by atoms with Crippen molar-refractivity contribution in [1.29, 1.82) is 0 Å². The van der Waals surface area contributed by atoms with Crippen molar-refractivity contribution in [3.8, 4) is 0 Å². The minimum atomic E-state index is -3.48. The van der Waals surface area contributed by atoms with E-state index in [9.17, 15) is 13.2 Å². The van der Waals surface area contributed by atoms with Gasteiger partial charge < -0.3 is 10.1 Å². The van der Waals surface area contributed by atoms with E-state index in [0.717, 1.165) is 12.8 Å². The van der Waals surface area contributed by atoms with E-state index in [2.05, 4.69) is 10.2 Å². The third kappa shape index (κ3) is 4.62. The molecule has 0 aliphatic carbocycles. The number of carbonyl (C=O) groups excluding carboxylic acids is 1. The molecule has 2 atom stereocenters. The number of ether oxygens (including phenoxy) is 1. The Morgan fingerprint density at radius 2 is 1.85 bits per heavy atom. The van der Waals surface area contributed by atoms with E-state index >= 15 is 0 Å². The highest BCUT2D eigenvalue weighted by Crippen LogP contribution is 2.23. The summed E-state index contributed by atoms with van der Waals surface area (Å²) in [4.78, 5) is 14.6. The Morgan fingerprint density at radius 1 is 1.19 bits per heavy atom. The van der Waals surface area contributed by atoms with Crippen LogP contribution in [0.25, 0.3) is 0 Å². The molecule has 0 unspecified atom stereocenters. The van der Waals surface area contributed by atoms with Gasteiger partial charge in [0.25, 0.3) is 0 Å². The number of morpholine rings is 1. The van der Waals surface area contributed by atoms with Crippen LogP contribution < -0.4 is 5.32 Å². The molecule has 0 bridgehead atoms. The van der Waals surface area contributed by atoms with Gasteiger partial charge in [0.05, 0.1) is 23.6 Å². The fourth-order valence-electron chi connectivity index (χ4n) is 3.63. The highest BCUT2D eigenvalue weighted by molar-refractivity contribution is 7.89. The van der Waals surface area contributed by atoms with Crippen molar-refractivity contribution >= 4 is 21.6 Å². The number of rotatable bonds is 5. The van der Waals surface area contributed by atoms with E-state index in [-0.39, 0.29) is 29.6 Å². The number of benzene rings is 1. The highest BCUT2D eigenvalue weighted by Gasteiger charge is 2.27. The number of sulfonamides is 1. The summed E-state index contributed by atoms with van der Waals surface area (Å²) in [5, 5.41) is 2.82. The van der Waals surface area contributed by atoms with Crippen LogP contribution in [-0.2, 0) is 19.6 Å². The molecule has 144 valence electrons. The van der Waals surface area contributed by atoms with Crippen LogP contribution in [-0.4, -0.2) is 68.5 Å². The smallest absolute Gasteiger partial charge is 0.243 e. The highest BCUT2D eigenvalue weighted by atomic mass is 32.2. The third-order valence-electron chi connectivity index (χ3n) is 4.68. The van der Waals surface area contributed by atoms with Crippen LogP contribution in [0.5, 0.6) is 0 Å². The maximum Gasteiger partial charge on any atom is 0.243 e. The second-order valence-electron chi connectivity index (χ2n) is 7.14. The summed E-state index contributed by atoms with van der Waals surface area (Å²) in [7, 11) is -3.48. The van der Waals surface area contributed by atoms with Gasteiger partial charge in [0.15, 0.2) is 0 Å². The Labute approximate surface area is 155 Å². The zero-order valence-electron chi connectivity index (χ0n) is 15.3. The molecule has 0 spiro atoms. The van der Waals surface area contributed by atoms with Gasteiger partial charge in [-0.2, -0.15) is 4.31 Å². The van der Waals surface area contributed by atoms with Crippen molar-refractivity contribution in [1.82, 2.24) is 9.21 Å². The molecule has 2 heterocycles. The molecule has 7 nitrogen and oxygen atoms in total. The Kier molecular flexibility index (Phi) is 5.96. The van der Waals surface area contributed by atoms with Gasteiger partial charge in [0, 0.05) is 31.9 Å². The molecule has 26 heavy (non-hydrogen) atoms. The Hall–Kier alpha value is -1.48. The predicted molar refractivity (Wildman–Crippen MR) is 99.5 cm³/mol. The van der Waals surface area contributed by atoms with Crippen LogP contribution in [0, 0.1) is 0 Å². The third-order valence-corrected chi connectivity index (χ3v) is 6.58. The summed E-state index contributed by atoms with van der Waals surface area (Å²) < 4.78 is 32.5. The molecule has 1 N–H and O–H groups in total. The van der Waals surface area contributed by atoms with Crippen molar-refractivity contribution in [2.45, 2.75) is 43.8 Å². The molecule has 1 aromatic carbocycles. The van der Waals surface area contributed by atoms with Crippen LogP contribution in [0.4, 0.5) is 5.69 Å². The molecule has 8 heteroatoms. The quantitative estimate of drug-likeness (QED) is 0.837. The van der Waals surface area contributed by atoms with Crippen LogP contribution in [0.15, 0.2) is 29.2 Å². The van der Waals surface area contributed by atoms with Gasteiger partial charge in [-0.25, -0.2) is 8.42 Å². The minimum Gasteiger partial charge on any atom is -0.373 e. The standard InChI is InChI=1S/C18H27N3O4S/c1-14-11-20(12-15(2)25-14)13-18(22)19-16-6-5-7-17(10-16)26(23,24)21-8-3-4-9-21/h5-7,10,14-15H,3-4,8-9,11-13H2,1-2H3,(H,19,22)/t14-,15-/m1/s1. The number of anilines is 1. The van der Waals surface area contributed by atoms with Gasteiger partial charge in [0.2, 0.25) is 15.9 Å². The summed E-state index contributed by atoms with van der Waals surface area (Å²) in [5.74, 6) is -0.151. The minimum absolute atomic E-state index is 0.0977. The zero-order chi connectivity index (χ0) is 18.7. The van der Waals surface area contributed by atoms with Crippen LogP contribution >= 0.6 is 0 Å². The Balaban J connectivity index is 1.64. The summed E-state index contributed by atoms with van der Waals surface area (Å²) in [6.07, 6.45) is 1.99. The molecule has 0 aromatic heterocycles. The Morgan fingerprint density at radius 3 is 2.50 bits per heavy atom. The summed E-state index contributed by atoms with van der Waals surface area (Å²) in [5.41, 5.74) is 0.504. The lowest BCUT2D eigenvalue weighted by atomic mass is 10.2. The fourth-order valence-corrected chi connectivity index (χ4v) is 5.19.